The number of anilines is 2. The molecule has 3 aromatic rings. The summed E-state index contributed by atoms with van der Waals surface area (Å²) in [6, 6.07) is 7.36. The molecule has 39 heavy (non-hydrogen) atoms. The minimum atomic E-state index is -0.910. The van der Waals surface area contributed by atoms with Crippen molar-refractivity contribution in [2.45, 2.75) is 58.4 Å². The van der Waals surface area contributed by atoms with Crippen molar-refractivity contribution in [2.75, 3.05) is 43.4 Å². The van der Waals surface area contributed by atoms with Crippen LogP contribution in [0.1, 0.15) is 48.3 Å². The molecule has 4 rings (SSSR count). The summed E-state index contributed by atoms with van der Waals surface area (Å²) in [5, 5.41) is 16.3. The Morgan fingerprint density at radius 2 is 2.05 bits per heavy atom. The highest BCUT2D eigenvalue weighted by Gasteiger charge is 2.20. The van der Waals surface area contributed by atoms with E-state index in [1.54, 1.807) is 18.6 Å². The van der Waals surface area contributed by atoms with Gasteiger partial charge in [0.05, 0.1) is 17.6 Å². The minimum Gasteiger partial charge on any atom is -0.490 e. The number of rotatable bonds is 15. The summed E-state index contributed by atoms with van der Waals surface area (Å²) in [4.78, 5) is 31.8. The van der Waals surface area contributed by atoms with Crippen molar-refractivity contribution in [1.82, 2.24) is 24.8 Å². The van der Waals surface area contributed by atoms with Gasteiger partial charge in [-0.3, -0.25) is 14.9 Å². The smallest absolute Gasteiger partial charge is 0.326 e. The Morgan fingerprint density at radius 3 is 2.87 bits per heavy atom. The van der Waals surface area contributed by atoms with Crippen molar-refractivity contribution in [1.29, 1.82) is 0 Å². The van der Waals surface area contributed by atoms with Gasteiger partial charge in [-0.1, -0.05) is 6.07 Å². The molecule has 10 heteroatoms. The lowest BCUT2D eigenvalue weighted by Gasteiger charge is -2.25. The van der Waals surface area contributed by atoms with Crippen LogP contribution in [0, 0.1) is 13.8 Å². The van der Waals surface area contributed by atoms with Crippen LogP contribution in [0.2, 0.25) is 0 Å². The Labute approximate surface area is 230 Å². The number of unbranched alkanes of at least 4 members (excludes halogenated alkanes) is 1. The molecule has 0 aliphatic carbocycles. The number of carboxylic acid groups (broad SMARTS) is 1. The summed E-state index contributed by atoms with van der Waals surface area (Å²) >= 11 is 0. The third-order valence-electron chi connectivity index (χ3n) is 6.84. The summed E-state index contributed by atoms with van der Waals surface area (Å²) in [5.41, 5.74) is 4.00. The first-order valence-corrected chi connectivity index (χ1v) is 13.8. The largest absolute Gasteiger partial charge is 0.490 e. The summed E-state index contributed by atoms with van der Waals surface area (Å²) in [5.74, 6) is 1.37. The number of aromatic nitrogens is 4. The van der Waals surface area contributed by atoms with E-state index in [1.807, 2.05) is 26.0 Å². The number of hydrogen-bond acceptors (Lipinski definition) is 9. The molecule has 0 amide bonds. The molecule has 0 saturated heterocycles. The molecule has 0 aromatic carbocycles. The monoisotopic (exact) mass is 533 g/mol. The normalized spacial score (nSPS) is 13.4. The van der Waals surface area contributed by atoms with Gasteiger partial charge in [0.25, 0.3) is 0 Å². The van der Waals surface area contributed by atoms with E-state index < -0.39 is 12.0 Å². The highest BCUT2D eigenvalue weighted by molar-refractivity contribution is 5.76. The number of pyridine rings is 2. The van der Waals surface area contributed by atoms with Gasteiger partial charge < -0.3 is 20.5 Å². The molecule has 1 atom stereocenters. The third-order valence-corrected chi connectivity index (χ3v) is 6.84. The topological polar surface area (TPSA) is 125 Å². The second kappa shape index (κ2) is 14.4. The van der Waals surface area contributed by atoms with E-state index in [1.165, 1.54) is 5.56 Å². The van der Waals surface area contributed by atoms with Crippen LogP contribution in [0.5, 0.6) is 5.75 Å². The molecule has 0 saturated carbocycles. The van der Waals surface area contributed by atoms with Gasteiger partial charge in [-0.25, -0.2) is 14.8 Å². The highest BCUT2D eigenvalue weighted by Crippen LogP contribution is 2.20. The van der Waals surface area contributed by atoms with E-state index >= 15 is 0 Å². The van der Waals surface area contributed by atoms with Crippen LogP contribution >= 0.6 is 0 Å². The Balaban J connectivity index is 1.31. The van der Waals surface area contributed by atoms with Crippen LogP contribution in [-0.2, 0) is 17.6 Å². The molecule has 0 bridgehead atoms. The van der Waals surface area contributed by atoms with E-state index in [0.717, 1.165) is 73.8 Å². The fourth-order valence-electron chi connectivity index (χ4n) is 4.67. The first kappa shape index (κ1) is 28.2. The van der Waals surface area contributed by atoms with E-state index in [-0.39, 0.29) is 0 Å². The van der Waals surface area contributed by atoms with Crippen molar-refractivity contribution in [3.8, 4) is 5.75 Å². The average Bonchev–Trinajstić information content (AvgIpc) is 2.93. The third kappa shape index (κ3) is 8.88. The maximum atomic E-state index is 12.0. The number of hydrogen-bond donors (Lipinski definition) is 3. The number of carbonyl (C=O) groups is 1. The lowest BCUT2D eigenvalue weighted by atomic mass is 10.1. The van der Waals surface area contributed by atoms with Crippen molar-refractivity contribution in [2.24, 2.45) is 0 Å². The standard InChI is InChI=1S/C29H39N7O3/c1-21-19-30-20-27(33-21)35-25(29(37)38)12-16-36(17-18-39-26-9-6-13-31-22(26)2)15-4-3-8-24-11-10-23-7-5-14-32-28(23)34-24/h6,9-11,13,19-20,25H,3-5,7-8,12,14-18H2,1-2H3,(H,32,34)(H,33,35)(H,37,38)/t25-/m0/s1. The summed E-state index contributed by atoms with van der Waals surface area (Å²) in [6.45, 7) is 7.38. The van der Waals surface area contributed by atoms with Gasteiger partial charge >= 0.3 is 5.97 Å². The Kier molecular flexibility index (Phi) is 10.4. The van der Waals surface area contributed by atoms with Crippen LogP contribution in [0.3, 0.4) is 0 Å². The van der Waals surface area contributed by atoms with Crippen LogP contribution in [0.4, 0.5) is 11.6 Å². The van der Waals surface area contributed by atoms with Gasteiger partial charge in [0, 0.05) is 37.7 Å². The lowest BCUT2D eigenvalue weighted by Crippen LogP contribution is -2.37. The second-order valence-electron chi connectivity index (χ2n) is 9.94. The van der Waals surface area contributed by atoms with E-state index in [0.29, 0.717) is 31.9 Å². The number of nitrogens with one attached hydrogen (secondary N) is 2. The molecule has 0 unspecified atom stereocenters. The fourth-order valence-corrected chi connectivity index (χ4v) is 4.67. The molecule has 0 fully saturated rings. The molecule has 1 aliphatic heterocycles. The second-order valence-corrected chi connectivity index (χ2v) is 9.94. The predicted octanol–water partition coefficient (Wildman–Crippen LogP) is 3.90. The number of ether oxygens (including phenoxy) is 1. The Morgan fingerprint density at radius 1 is 1.15 bits per heavy atom. The maximum absolute atomic E-state index is 12.0. The first-order valence-electron chi connectivity index (χ1n) is 13.8. The molecule has 1 aliphatic rings. The van der Waals surface area contributed by atoms with Gasteiger partial charge in [-0.05, 0) is 82.7 Å². The Hall–Kier alpha value is -3.79. The van der Waals surface area contributed by atoms with Gasteiger partial charge in [0.15, 0.2) is 0 Å². The van der Waals surface area contributed by atoms with Crippen LogP contribution in [0.15, 0.2) is 42.9 Å². The van der Waals surface area contributed by atoms with Gasteiger partial charge in [-0.2, -0.15) is 0 Å². The number of fused-ring (bicyclic) bond motifs is 1. The van der Waals surface area contributed by atoms with Crippen LogP contribution in [0.25, 0.3) is 0 Å². The molecule has 10 nitrogen and oxygen atoms in total. The molecular formula is C29H39N7O3. The first-order chi connectivity index (χ1) is 19.0. The molecule has 208 valence electrons. The SMILES string of the molecule is Cc1cncc(N[C@@H](CCN(CCCCc2ccc3c(n2)NCCC3)CCOc2cccnc2C)C(=O)O)n1. The van der Waals surface area contributed by atoms with E-state index in [4.69, 9.17) is 9.72 Å². The molecule has 3 aromatic heterocycles. The molecule has 0 spiro atoms. The fraction of sp³-hybridized carbons (Fsp3) is 0.483. The van der Waals surface area contributed by atoms with Gasteiger partial charge in [0.1, 0.15) is 30.0 Å². The summed E-state index contributed by atoms with van der Waals surface area (Å²) in [7, 11) is 0. The van der Waals surface area contributed by atoms with Gasteiger partial charge in [-0.15, -0.1) is 0 Å². The highest BCUT2D eigenvalue weighted by atomic mass is 16.5. The van der Waals surface area contributed by atoms with Crippen molar-refractivity contribution < 1.29 is 14.6 Å². The zero-order valence-electron chi connectivity index (χ0n) is 22.9. The number of nitrogens with zero attached hydrogens (tertiary/aromatic N) is 5. The van der Waals surface area contributed by atoms with Crippen molar-refractivity contribution in [3.63, 3.8) is 0 Å². The molecule has 4 heterocycles. The number of aliphatic carboxylic acids is 1. The zero-order chi connectivity index (χ0) is 27.5. The minimum absolute atomic E-state index is 0.426. The van der Waals surface area contributed by atoms with Crippen molar-refractivity contribution >= 4 is 17.6 Å². The van der Waals surface area contributed by atoms with E-state index in [2.05, 4.69) is 42.6 Å². The van der Waals surface area contributed by atoms with Gasteiger partial charge in [0.2, 0.25) is 0 Å². The Bertz CT molecular complexity index is 1220. The van der Waals surface area contributed by atoms with Crippen LogP contribution in [-0.4, -0.2) is 74.7 Å². The lowest BCUT2D eigenvalue weighted by molar-refractivity contribution is -0.138. The zero-order valence-corrected chi connectivity index (χ0v) is 22.9. The quantitative estimate of drug-likeness (QED) is 0.248. The molecule has 3 N–H and O–H groups in total. The molecular weight excluding hydrogens is 494 g/mol. The predicted molar refractivity (Wildman–Crippen MR) is 151 cm³/mol. The summed E-state index contributed by atoms with van der Waals surface area (Å²) < 4.78 is 5.99. The molecule has 0 radical (unpaired) electrons. The number of aryl methyl sites for hydroxylation is 4. The number of carboxylic acids is 1. The average molecular weight is 534 g/mol. The maximum Gasteiger partial charge on any atom is 0.326 e. The van der Waals surface area contributed by atoms with Crippen molar-refractivity contribution in [3.05, 3.63) is 65.5 Å². The summed E-state index contributed by atoms with van der Waals surface area (Å²) in [6.07, 6.45) is 10.5. The van der Waals surface area contributed by atoms with E-state index in [9.17, 15) is 9.90 Å². The van der Waals surface area contributed by atoms with Crippen LogP contribution < -0.4 is 15.4 Å².